The van der Waals surface area contributed by atoms with E-state index in [0.29, 0.717) is 38.8 Å². The maximum Gasteiger partial charge on any atom is 0.336 e. The van der Waals surface area contributed by atoms with Gasteiger partial charge in [0, 0.05) is 28.4 Å². The molecule has 0 unspecified atom stereocenters. The van der Waals surface area contributed by atoms with Crippen molar-refractivity contribution in [2.24, 2.45) is 0 Å². The van der Waals surface area contributed by atoms with E-state index in [9.17, 15) is 19.7 Å². The van der Waals surface area contributed by atoms with Gasteiger partial charge in [-0.05, 0) is 25.5 Å². The molecule has 0 amide bonds. The van der Waals surface area contributed by atoms with Gasteiger partial charge in [0.15, 0.2) is 0 Å². The van der Waals surface area contributed by atoms with Crippen molar-refractivity contribution in [3.8, 4) is 21.8 Å². The highest BCUT2D eigenvalue weighted by Crippen LogP contribution is 2.44. The number of dihydropyridines is 1. The zero-order valence-corrected chi connectivity index (χ0v) is 20.8. The van der Waals surface area contributed by atoms with Crippen molar-refractivity contribution in [2.45, 2.75) is 19.8 Å². The molecule has 1 aromatic heterocycles. The van der Waals surface area contributed by atoms with E-state index in [2.05, 4.69) is 5.32 Å². The summed E-state index contributed by atoms with van der Waals surface area (Å²) in [4.78, 5) is 41.6. The molecule has 184 valence electrons. The molecule has 1 aliphatic heterocycles. The predicted octanol–water partition coefficient (Wildman–Crippen LogP) is 4.97. The van der Waals surface area contributed by atoms with E-state index in [1.165, 1.54) is 31.6 Å². The molecule has 9 nitrogen and oxygen atoms in total. The van der Waals surface area contributed by atoms with Crippen LogP contribution in [-0.2, 0) is 19.1 Å². The molecule has 0 atom stereocenters. The SMILES string of the molecule is COC(=O)C1=C(C)NC(C)=C(C(=O)OC)C1c1ccccc1-c1nc(-c2ccccc2[N+](=O)[O-])cs1. The lowest BCUT2D eigenvalue weighted by molar-refractivity contribution is -0.384. The van der Waals surface area contributed by atoms with Gasteiger partial charge in [-0.2, -0.15) is 0 Å². The summed E-state index contributed by atoms with van der Waals surface area (Å²) in [7, 11) is 2.57. The van der Waals surface area contributed by atoms with Crippen LogP contribution >= 0.6 is 11.3 Å². The second-order valence-electron chi connectivity index (χ2n) is 8.02. The molecular formula is C26H23N3O6S. The molecule has 36 heavy (non-hydrogen) atoms. The highest BCUT2D eigenvalue weighted by Gasteiger charge is 2.39. The van der Waals surface area contributed by atoms with Crippen LogP contribution in [0, 0.1) is 10.1 Å². The van der Waals surface area contributed by atoms with Crippen LogP contribution in [-0.4, -0.2) is 36.1 Å². The maximum atomic E-state index is 12.9. The summed E-state index contributed by atoms with van der Waals surface area (Å²) in [5.74, 6) is -1.93. The van der Waals surface area contributed by atoms with Crippen molar-refractivity contribution in [3.05, 3.63) is 92.1 Å². The van der Waals surface area contributed by atoms with E-state index in [1.807, 2.05) is 24.3 Å². The fourth-order valence-electron chi connectivity index (χ4n) is 4.38. The zero-order chi connectivity index (χ0) is 26.0. The smallest absolute Gasteiger partial charge is 0.336 e. The molecule has 0 aliphatic carbocycles. The number of thiazole rings is 1. The third-order valence-corrected chi connectivity index (χ3v) is 6.83. The average molecular weight is 506 g/mol. The summed E-state index contributed by atoms with van der Waals surface area (Å²) in [5.41, 5.74) is 3.85. The van der Waals surface area contributed by atoms with Gasteiger partial charge in [0.25, 0.3) is 5.69 Å². The first-order valence-corrected chi connectivity index (χ1v) is 11.8. The Labute approximate surface area is 211 Å². The normalized spacial score (nSPS) is 13.9. The van der Waals surface area contributed by atoms with E-state index in [4.69, 9.17) is 14.5 Å². The van der Waals surface area contributed by atoms with Crippen LogP contribution in [0.4, 0.5) is 5.69 Å². The standard InChI is InChI=1S/C26H23N3O6S/c1-14-21(25(30)34-3)23(22(15(2)27-14)26(31)35-4)16-9-5-6-10-17(16)24-28-19(13-36-24)18-11-7-8-12-20(18)29(32)33/h5-13,23,27H,1-4H3. The van der Waals surface area contributed by atoms with Gasteiger partial charge in [-0.25, -0.2) is 14.6 Å². The number of nitro groups is 1. The molecule has 3 aromatic rings. The third kappa shape index (κ3) is 4.38. The Morgan fingerprint density at radius 3 is 2.08 bits per heavy atom. The number of methoxy groups -OCH3 is 2. The van der Waals surface area contributed by atoms with Gasteiger partial charge in [-0.15, -0.1) is 11.3 Å². The molecular weight excluding hydrogens is 482 g/mol. The number of para-hydroxylation sites is 1. The van der Waals surface area contributed by atoms with Crippen molar-refractivity contribution in [1.29, 1.82) is 0 Å². The number of esters is 2. The van der Waals surface area contributed by atoms with Crippen molar-refractivity contribution in [2.75, 3.05) is 14.2 Å². The predicted molar refractivity (Wildman–Crippen MR) is 135 cm³/mol. The number of rotatable bonds is 6. The molecule has 2 aromatic carbocycles. The molecule has 0 radical (unpaired) electrons. The van der Waals surface area contributed by atoms with Crippen molar-refractivity contribution in [3.63, 3.8) is 0 Å². The summed E-state index contributed by atoms with van der Waals surface area (Å²) < 4.78 is 10.1. The lowest BCUT2D eigenvalue weighted by Gasteiger charge is -2.31. The Bertz CT molecular complexity index is 1400. The molecule has 0 saturated heterocycles. The minimum atomic E-state index is -0.777. The number of hydrogen-bond donors (Lipinski definition) is 1. The number of nitrogens with zero attached hydrogens (tertiary/aromatic N) is 2. The average Bonchev–Trinajstić information content (AvgIpc) is 3.37. The van der Waals surface area contributed by atoms with E-state index < -0.39 is 22.8 Å². The summed E-state index contributed by atoms with van der Waals surface area (Å²) >= 11 is 1.31. The first-order chi connectivity index (χ1) is 17.3. The Morgan fingerprint density at radius 1 is 0.944 bits per heavy atom. The largest absolute Gasteiger partial charge is 0.466 e. The second-order valence-corrected chi connectivity index (χ2v) is 8.88. The van der Waals surface area contributed by atoms with E-state index in [-0.39, 0.29) is 16.8 Å². The lowest BCUT2D eigenvalue weighted by atomic mass is 9.78. The Hall–Kier alpha value is -4.31. The molecule has 0 spiro atoms. The van der Waals surface area contributed by atoms with Crippen molar-refractivity contribution < 1.29 is 24.0 Å². The van der Waals surface area contributed by atoms with Gasteiger partial charge in [-0.3, -0.25) is 10.1 Å². The van der Waals surface area contributed by atoms with Crippen LogP contribution in [0.15, 0.2) is 76.5 Å². The van der Waals surface area contributed by atoms with E-state index >= 15 is 0 Å². The minimum absolute atomic E-state index is 0.0425. The topological polar surface area (TPSA) is 121 Å². The molecule has 4 rings (SSSR count). The zero-order valence-electron chi connectivity index (χ0n) is 20.0. The number of benzene rings is 2. The quantitative estimate of drug-likeness (QED) is 0.283. The fourth-order valence-corrected chi connectivity index (χ4v) is 5.25. The van der Waals surface area contributed by atoms with Crippen LogP contribution in [0.25, 0.3) is 21.8 Å². The van der Waals surface area contributed by atoms with Gasteiger partial charge in [0.1, 0.15) is 5.01 Å². The van der Waals surface area contributed by atoms with Crippen molar-refractivity contribution >= 4 is 29.0 Å². The Morgan fingerprint density at radius 2 is 1.50 bits per heavy atom. The fraction of sp³-hybridized carbons (Fsp3) is 0.192. The number of nitrogens with one attached hydrogen (secondary N) is 1. The van der Waals surface area contributed by atoms with Crippen LogP contribution in [0.2, 0.25) is 0 Å². The summed E-state index contributed by atoms with van der Waals surface area (Å²) in [6.45, 7) is 3.49. The highest BCUT2D eigenvalue weighted by molar-refractivity contribution is 7.13. The lowest BCUT2D eigenvalue weighted by Crippen LogP contribution is -2.32. The number of hydrogen-bond acceptors (Lipinski definition) is 9. The maximum absolute atomic E-state index is 12.9. The summed E-state index contributed by atoms with van der Waals surface area (Å²) in [5, 5.41) is 17.0. The van der Waals surface area contributed by atoms with E-state index in [0.717, 1.165) is 0 Å². The third-order valence-electron chi connectivity index (χ3n) is 5.95. The van der Waals surface area contributed by atoms with Crippen LogP contribution in [0.5, 0.6) is 0 Å². The molecule has 10 heteroatoms. The number of carbonyl (C=O) groups is 2. The number of nitro benzene ring substituents is 1. The van der Waals surface area contributed by atoms with Gasteiger partial charge < -0.3 is 14.8 Å². The van der Waals surface area contributed by atoms with Crippen LogP contribution in [0.1, 0.15) is 25.3 Å². The summed E-state index contributed by atoms with van der Waals surface area (Å²) in [6.07, 6.45) is 0. The van der Waals surface area contributed by atoms with Crippen molar-refractivity contribution in [1.82, 2.24) is 10.3 Å². The molecule has 0 fully saturated rings. The minimum Gasteiger partial charge on any atom is -0.466 e. The van der Waals surface area contributed by atoms with E-state index in [1.54, 1.807) is 37.4 Å². The van der Waals surface area contributed by atoms with Gasteiger partial charge >= 0.3 is 11.9 Å². The molecule has 1 aliphatic rings. The first kappa shape index (κ1) is 24.8. The summed E-state index contributed by atoms with van der Waals surface area (Å²) in [6, 6.07) is 13.7. The Kier molecular flexibility index (Phi) is 6.98. The second kappa shape index (κ2) is 10.1. The number of aromatic nitrogens is 1. The number of ether oxygens (including phenoxy) is 2. The van der Waals surface area contributed by atoms with Gasteiger partial charge in [-0.1, -0.05) is 36.4 Å². The molecule has 2 heterocycles. The van der Waals surface area contributed by atoms with Gasteiger partial charge in [0.2, 0.25) is 0 Å². The molecule has 0 bridgehead atoms. The Balaban J connectivity index is 1.91. The van der Waals surface area contributed by atoms with Crippen LogP contribution < -0.4 is 5.32 Å². The van der Waals surface area contributed by atoms with Crippen LogP contribution in [0.3, 0.4) is 0 Å². The van der Waals surface area contributed by atoms with Gasteiger partial charge in [0.05, 0.1) is 47.5 Å². The molecule has 1 N–H and O–H groups in total. The number of allylic oxidation sites excluding steroid dienone is 2. The first-order valence-electron chi connectivity index (χ1n) is 10.9. The number of carbonyl (C=O) groups excluding carboxylic acids is 2. The highest BCUT2D eigenvalue weighted by atomic mass is 32.1. The monoisotopic (exact) mass is 505 g/mol. The molecule has 0 saturated carbocycles.